The lowest BCUT2D eigenvalue weighted by Gasteiger charge is -2.26. The Morgan fingerprint density at radius 2 is 2.00 bits per heavy atom. The third-order valence-electron chi connectivity index (χ3n) is 2.83. The summed E-state index contributed by atoms with van der Waals surface area (Å²) < 4.78 is 7.90. The largest absolute Gasteiger partial charge is 0.379 e. The average molecular weight is 179 g/mol. The quantitative estimate of drug-likeness (QED) is 0.646. The number of rotatable bonds is 1. The van der Waals surface area contributed by atoms with Gasteiger partial charge in [0.1, 0.15) is 0 Å². The zero-order chi connectivity index (χ0) is 9.26. The van der Waals surface area contributed by atoms with Gasteiger partial charge in [0.25, 0.3) is 0 Å². The minimum Gasteiger partial charge on any atom is -0.379 e. The summed E-state index contributed by atoms with van der Waals surface area (Å²) in [4.78, 5) is 0. The number of aromatic nitrogens is 1. The van der Waals surface area contributed by atoms with Crippen LogP contribution in [0.2, 0.25) is 0 Å². The van der Waals surface area contributed by atoms with Crippen LogP contribution < -0.4 is 0 Å². The molecule has 0 spiro atoms. The van der Waals surface area contributed by atoms with Gasteiger partial charge in [-0.25, -0.2) is 0 Å². The van der Waals surface area contributed by atoms with Crippen molar-refractivity contribution in [3.8, 4) is 0 Å². The zero-order valence-corrected chi connectivity index (χ0v) is 8.42. The van der Waals surface area contributed by atoms with E-state index in [1.54, 1.807) is 0 Å². The number of hydrogen-bond acceptors (Lipinski definition) is 1. The van der Waals surface area contributed by atoms with E-state index in [0.29, 0.717) is 6.04 Å². The molecule has 0 N–H and O–H groups in total. The lowest BCUT2D eigenvalue weighted by Crippen LogP contribution is -2.22. The van der Waals surface area contributed by atoms with Crippen molar-refractivity contribution >= 4 is 0 Å². The fourth-order valence-corrected chi connectivity index (χ4v) is 2.18. The van der Waals surface area contributed by atoms with E-state index in [-0.39, 0.29) is 0 Å². The van der Waals surface area contributed by atoms with Crippen LogP contribution in [0.1, 0.15) is 30.3 Å². The summed E-state index contributed by atoms with van der Waals surface area (Å²) in [7, 11) is 0. The summed E-state index contributed by atoms with van der Waals surface area (Å²) in [6.07, 6.45) is 2.46. The molecule has 0 saturated carbocycles. The van der Waals surface area contributed by atoms with Crippen molar-refractivity contribution in [3.05, 3.63) is 23.5 Å². The van der Waals surface area contributed by atoms with Crippen LogP contribution in [0.3, 0.4) is 0 Å². The van der Waals surface area contributed by atoms with Crippen LogP contribution in [0, 0.1) is 13.8 Å². The summed E-state index contributed by atoms with van der Waals surface area (Å²) >= 11 is 0. The lowest BCUT2D eigenvalue weighted by atomic mass is 10.1. The molecular weight excluding hydrogens is 162 g/mol. The van der Waals surface area contributed by atoms with E-state index in [1.165, 1.54) is 24.2 Å². The molecule has 1 aliphatic rings. The van der Waals surface area contributed by atoms with Gasteiger partial charge in [0.05, 0.1) is 12.6 Å². The predicted molar refractivity (Wildman–Crippen MR) is 53.0 cm³/mol. The van der Waals surface area contributed by atoms with E-state index in [4.69, 9.17) is 4.74 Å². The summed E-state index contributed by atoms with van der Waals surface area (Å²) in [6, 6.07) is 4.94. The third-order valence-corrected chi connectivity index (χ3v) is 2.83. The van der Waals surface area contributed by atoms with E-state index in [2.05, 4.69) is 30.5 Å². The van der Waals surface area contributed by atoms with E-state index >= 15 is 0 Å². The van der Waals surface area contributed by atoms with E-state index in [9.17, 15) is 0 Å². The predicted octanol–water partition coefficient (Wildman–Crippen LogP) is 2.46. The molecule has 2 rings (SSSR count). The highest BCUT2D eigenvalue weighted by atomic mass is 16.5. The highest BCUT2D eigenvalue weighted by Crippen LogP contribution is 2.23. The molecule has 13 heavy (non-hydrogen) atoms. The standard InChI is InChI=1S/C11H17NO/c1-9-5-6-10(2)12(9)11-4-3-7-13-8-11/h5-6,11H,3-4,7-8H2,1-2H3. The molecule has 0 bridgehead atoms. The first-order valence-corrected chi connectivity index (χ1v) is 5.01. The first-order valence-electron chi connectivity index (χ1n) is 5.01. The fraction of sp³-hybridized carbons (Fsp3) is 0.636. The van der Waals surface area contributed by atoms with Crippen molar-refractivity contribution in [1.29, 1.82) is 0 Å². The molecule has 1 aliphatic heterocycles. The molecule has 2 heterocycles. The van der Waals surface area contributed by atoms with Crippen LogP contribution in [0.5, 0.6) is 0 Å². The maximum atomic E-state index is 5.50. The van der Waals surface area contributed by atoms with Gasteiger partial charge in [-0.3, -0.25) is 0 Å². The molecule has 0 aliphatic carbocycles. The van der Waals surface area contributed by atoms with Crippen LogP contribution in [0.25, 0.3) is 0 Å². The second kappa shape index (κ2) is 3.54. The zero-order valence-electron chi connectivity index (χ0n) is 8.42. The van der Waals surface area contributed by atoms with Crippen LogP contribution in [0.4, 0.5) is 0 Å². The van der Waals surface area contributed by atoms with Crippen molar-refractivity contribution in [2.75, 3.05) is 13.2 Å². The Kier molecular flexibility index (Phi) is 2.40. The summed E-state index contributed by atoms with van der Waals surface area (Å²) in [5.41, 5.74) is 2.71. The van der Waals surface area contributed by atoms with Crippen molar-refractivity contribution in [1.82, 2.24) is 4.57 Å². The second-order valence-corrected chi connectivity index (χ2v) is 3.86. The molecule has 2 nitrogen and oxygen atoms in total. The molecule has 2 heteroatoms. The Balaban J connectivity index is 2.22. The molecule has 1 aromatic heterocycles. The SMILES string of the molecule is Cc1ccc(C)n1C1CCCOC1. The minimum atomic E-state index is 0.573. The molecule has 1 saturated heterocycles. The third kappa shape index (κ3) is 1.63. The van der Waals surface area contributed by atoms with Crippen molar-refractivity contribution in [2.45, 2.75) is 32.7 Å². The van der Waals surface area contributed by atoms with Crippen LogP contribution in [-0.2, 0) is 4.74 Å². The molecule has 1 unspecified atom stereocenters. The average Bonchev–Trinajstić information content (AvgIpc) is 2.48. The maximum Gasteiger partial charge on any atom is 0.0673 e. The highest BCUT2D eigenvalue weighted by Gasteiger charge is 2.17. The van der Waals surface area contributed by atoms with Gasteiger partial charge in [-0.05, 0) is 38.8 Å². The number of ether oxygens (including phenoxy) is 1. The van der Waals surface area contributed by atoms with Crippen molar-refractivity contribution in [2.24, 2.45) is 0 Å². The normalized spacial score (nSPS) is 23.4. The molecule has 0 aromatic carbocycles. The summed E-state index contributed by atoms with van der Waals surface area (Å²) in [5.74, 6) is 0. The van der Waals surface area contributed by atoms with Gasteiger partial charge in [0.15, 0.2) is 0 Å². The molecule has 72 valence electrons. The first kappa shape index (κ1) is 8.82. The van der Waals surface area contributed by atoms with Gasteiger partial charge in [-0.1, -0.05) is 0 Å². The highest BCUT2D eigenvalue weighted by molar-refractivity contribution is 5.15. The monoisotopic (exact) mass is 179 g/mol. The van der Waals surface area contributed by atoms with Gasteiger partial charge in [-0.2, -0.15) is 0 Å². The Morgan fingerprint density at radius 1 is 1.31 bits per heavy atom. The molecule has 1 aromatic rings. The topological polar surface area (TPSA) is 14.2 Å². The Labute approximate surface area is 79.5 Å². The Bertz CT molecular complexity index is 265. The lowest BCUT2D eigenvalue weighted by molar-refractivity contribution is 0.0580. The molecule has 0 radical (unpaired) electrons. The van der Waals surface area contributed by atoms with Crippen LogP contribution >= 0.6 is 0 Å². The molecular formula is C11H17NO. The van der Waals surface area contributed by atoms with Crippen LogP contribution in [0.15, 0.2) is 12.1 Å². The fourth-order valence-electron chi connectivity index (χ4n) is 2.18. The molecule has 1 fully saturated rings. The van der Waals surface area contributed by atoms with E-state index < -0.39 is 0 Å². The molecule has 0 amide bonds. The first-order chi connectivity index (χ1) is 6.29. The maximum absolute atomic E-state index is 5.50. The minimum absolute atomic E-state index is 0.573. The van der Waals surface area contributed by atoms with Gasteiger partial charge in [-0.15, -0.1) is 0 Å². The second-order valence-electron chi connectivity index (χ2n) is 3.86. The van der Waals surface area contributed by atoms with Crippen LogP contribution in [-0.4, -0.2) is 17.8 Å². The number of nitrogens with zero attached hydrogens (tertiary/aromatic N) is 1. The number of hydrogen-bond donors (Lipinski definition) is 0. The van der Waals surface area contributed by atoms with Gasteiger partial charge >= 0.3 is 0 Å². The molecule has 1 atom stereocenters. The van der Waals surface area contributed by atoms with Crippen molar-refractivity contribution in [3.63, 3.8) is 0 Å². The van der Waals surface area contributed by atoms with Gasteiger partial charge in [0.2, 0.25) is 0 Å². The smallest absolute Gasteiger partial charge is 0.0673 e. The van der Waals surface area contributed by atoms with Gasteiger partial charge in [0, 0.05) is 18.0 Å². The Morgan fingerprint density at radius 3 is 2.54 bits per heavy atom. The van der Waals surface area contributed by atoms with Crippen molar-refractivity contribution < 1.29 is 4.74 Å². The number of aryl methyl sites for hydroxylation is 2. The summed E-state index contributed by atoms with van der Waals surface area (Å²) in [5, 5.41) is 0. The Hall–Kier alpha value is -0.760. The summed E-state index contributed by atoms with van der Waals surface area (Å²) in [6.45, 7) is 6.16. The van der Waals surface area contributed by atoms with E-state index in [0.717, 1.165) is 13.2 Å². The van der Waals surface area contributed by atoms with E-state index in [1.807, 2.05) is 0 Å². The van der Waals surface area contributed by atoms with Gasteiger partial charge < -0.3 is 9.30 Å².